The molecule has 3 rings (SSSR count). The van der Waals surface area contributed by atoms with Crippen molar-refractivity contribution in [3.63, 3.8) is 0 Å². The van der Waals surface area contributed by atoms with Crippen LogP contribution in [0.4, 0.5) is 0 Å². The van der Waals surface area contributed by atoms with Crippen LogP contribution in [-0.2, 0) is 6.54 Å². The lowest BCUT2D eigenvalue weighted by Gasteiger charge is -2.31. The molecule has 1 aromatic heterocycles. The van der Waals surface area contributed by atoms with Gasteiger partial charge in [-0.05, 0) is 50.1 Å². The number of nitrogens with one attached hydrogen (secondary N) is 1. The van der Waals surface area contributed by atoms with Crippen LogP contribution >= 0.6 is 0 Å². The van der Waals surface area contributed by atoms with Gasteiger partial charge < -0.3 is 4.98 Å². The SMILES string of the molecule is Cc1cc(-c2cccc(CN(C)C3CCCCC3)c2)c(C#N)c(=O)[nH]1. The highest BCUT2D eigenvalue weighted by Gasteiger charge is 2.18. The molecule has 0 saturated heterocycles. The molecule has 1 fully saturated rings. The van der Waals surface area contributed by atoms with Crippen molar-refractivity contribution < 1.29 is 0 Å². The van der Waals surface area contributed by atoms with E-state index in [4.69, 9.17) is 0 Å². The molecule has 0 bridgehead atoms. The summed E-state index contributed by atoms with van der Waals surface area (Å²) in [5, 5.41) is 9.36. The number of nitriles is 1. The van der Waals surface area contributed by atoms with Crippen LogP contribution in [0.1, 0.15) is 48.9 Å². The van der Waals surface area contributed by atoms with E-state index in [0.717, 1.165) is 17.8 Å². The van der Waals surface area contributed by atoms with Crippen molar-refractivity contribution >= 4 is 0 Å². The number of pyridine rings is 1. The largest absolute Gasteiger partial charge is 0.325 e. The van der Waals surface area contributed by atoms with Crippen LogP contribution in [0.5, 0.6) is 0 Å². The predicted octanol–water partition coefficient (Wildman–Crippen LogP) is 3.99. The van der Waals surface area contributed by atoms with Crippen molar-refractivity contribution in [1.82, 2.24) is 9.88 Å². The molecule has 1 heterocycles. The minimum atomic E-state index is -0.317. The maximum atomic E-state index is 12.0. The summed E-state index contributed by atoms with van der Waals surface area (Å²) in [5.74, 6) is 0. The van der Waals surface area contributed by atoms with E-state index in [2.05, 4.69) is 29.1 Å². The van der Waals surface area contributed by atoms with Gasteiger partial charge in [0.25, 0.3) is 5.56 Å². The first-order chi connectivity index (χ1) is 12.1. The van der Waals surface area contributed by atoms with Crippen molar-refractivity contribution in [2.24, 2.45) is 0 Å². The molecule has 4 heteroatoms. The quantitative estimate of drug-likeness (QED) is 0.919. The zero-order valence-corrected chi connectivity index (χ0v) is 15.0. The number of rotatable bonds is 4. The Hall–Kier alpha value is -2.38. The monoisotopic (exact) mass is 335 g/mol. The molecule has 0 unspecified atom stereocenters. The van der Waals surface area contributed by atoms with Gasteiger partial charge in [-0.25, -0.2) is 0 Å². The Bertz CT molecular complexity index is 841. The number of nitrogens with zero attached hydrogens (tertiary/aromatic N) is 2. The first-order valence-corrected chi connectivity index (χ1v) is 9.02. The highest BCUT2D eigenvalue weighted by molar-refractivity contribution is 5.70. The molecule has 0 aliphatic heterocycles. The van der Waals surface area contributed by atoms with Crippen LogP contribution in [0.15, 0.2) is 35.1 Å². The first-order valence-electron chi connectivity index (χ1n) is 9.02. The Morgan fingerprint density at radius 2 is 2.00 bits per heavy atom. The first kappa shape index (κ1) is 17.4. The molecule has 1 N–H and O–H groups in total. The van der Waals surface area contributed by atoms with Gasteiger partial charge in [-0.3, -0.25) is 9.69 Å². The van der Waals surface area contributed by atoms with Crippen LogP contribution < -0.4 is 5.56 Å². The molecule has 130 valence electrons. The molecule has 0 amide bonds. The van der Waals surface area contributed by atoms with Crippen LogP contribution in [0.3, 0.4) is 0 Å². The van der Waals surface area contributed by atoms with E-state index in [9.17, 15) is 10.1 Å². The van der Waals surface area contributed by atoms with Gasteiger partial charge >= 0.3 is 0 Å². The lowest BCUT2D eigenvalue weighted by atomic mass is 9.94. The van der Waals surface area contributed by atoms with E-state index < -0.39 is 0 Å². The van der Waals surface area contributed by atoms with E-state index in [1.807, 2.05) is 31.2 Å². The zero-order chi connectivity index (χ0) is 17.8. The van der Waals surface area contributed by atoms with Gasteiger partial charge in [-0.2, -0.15) is 5.26 Å². The molecule has 4 nitrogen and oxygen atoms in total. The molecule has 2 aromatic rings. The lowest BCUT2D eigenvalue weighted by Crippen LogP contribution is -2.32. The van der Waals surface area contributed by atoms with E-state index in [1.54, 1.807) is 0 Å². The van der Waals surface area contributed by atoms with E-state index >= 15 is 0 Å². The Balaban J connectivity index is 1.87. The molecule has 0 spiro atoms. The summed E-state index contributed by atoms with van der Waals surface area (Å²) in [6.45, 7) is 2.73. The van der Waals surface area contributed by atoms with Gasteiger partial charge in [0.2, 0.25) is 0 Å². The minimum Gasteiger partial charge on any atom is -0.325 e. The van der Waals surface area contributed by atoms with Crippen molar-refractivity contribution in [3.8, 4) is 17.2 Å². The van der Waals surface area contributed by atoms with Gasteiger partial charge in [0, 0.05) is 23.8 Å². The van der Waals surface area contributed by atoms with E-state index in [-0.39, 0.29) is 11.1 Å². The molecular formula is C21H25N3O. The number of aryl methyl sites for hydroxylation is 1. The summed E-state index contributed by atoms with van der Waals surface area (Å²) in [7, 11) is 2.20. The smallest absolute Gasteiger partial charge is 0.266 e. The topological polar surface area (TPSA) is 59.9 Å². The third-order valence-electron chi connectivity index (χ3n) is 5.15. The van der Waals surface area contributed by atoms with E-state index in [0.29, 0.717) is 11.6 Å². The maximum Gasteiger partial charge on any atom is 0.266 e. The second-order valence-corrected chi connectivity index (χ2v) is 7.09. The molecular weight excluding hydrogens is 310 g/mol. The number of aromatic nitrogens is 1. The number of hydrogen-bond donors (Lipinski definition) is 1. The molecule has 0 atom stereocenters. The summed E-state index contributed by atoms with van der Waals surface area (Å²) in [5.41, 5.74) is 3.49. The standard InChI is InChI=1S/C21H25N3O/c1-15-11-19(20(13-22)21(25)23-15)17-8-6-7-16(12-17)14-24(2)18-9-4-3-5-10-18/h6-8,11-12,18H,3-5,9-10,14H2,1-2H3,(H,23,25). The van der Waals surface area contributed by atoms with Crippen LogP contribution in [0, 0.1) is 18.3 Å². The summed E-state index contributed by atoms with van der Waals surface area (Å²) in [6, 6.07) is 12.8. The fourth-order valence-electron chi connectivity index (χ4n) is 3.80. The zero-order valence-electron chi connectivity index (χ0n) is 15.0. The van der Waals surface area contributed by atoms with Crippen molar-refractivity contribution in [2.45, 2.75) is 51.6 Å². The van der Waals surface area contributed by atoms with Crippen molar-refractivity contribution in [2.75, 3.05) is 7.05 Å². The Labute approximate surface area is 149 Å². The number of aromatic amines is 1. The summed E-state index contributed by atoms with van der Waals surface area (Å²) in [4.78, 5) is 17.2. The average molecular weight is 335 g/mol. The molecule has 1 aliphatic carbocycles. The Morgan fingerprint density at radius 3 is 2.72 bits per heavy atom. The molecule has 1 aliphatic rings. The fourth-order valence-corrected chi connectivity index (χ4v) is 3.80. The third kappa shape index (κ3) is 4.00. The van der Waals surface area contributed by atoms with Crippen molar-refractivity contribution in [3.05, 3.63) is 57.5 Å². The van der Waals surface area contributed by atoms with Gasteiger partial charge in [0.05, 0.1) is 0 Å². The van der Waals surface area contributed by atoms with Gasteiger partial charge in [-0.15, -0.1) is 0 Å². The second-order valence-electron chi connectivity index (χ2n) is 7.09. The second kappa shape index (κ2) is 7.67. The van der Waals surface area contributed by atoms with Crippen molar-refractivity contribution in [1.29, 1.82) is 5.26 Å². The lowest BCUT2D eigenvalue weighted by molar-refractivity contribution is 0.184. The molecule has 25 heavy (non-hydrogen) atoms. The Kier molecular flexibility index (Phi) is 5.35. The normalized spacial score (nSPS) is 15.3. The van der Waals surface area contributed by atoms with Crippen LogP contribution in [0.25, 0.3) is 11.1 Å². The van der Waals surface area contributed by atoms with E-state index in [1.165, 1.54) is 37.7 Å². The minimum absolute atomic E-state index is 0.184. The summed E-state index contributed by atoms with van der Waals surface area (Å²) >= 11 is 0. The third-order valence-corrected chi connectivity index (χ3v) is 5.15. The maximum absolute atomic E-state index is 12.0. The highest BCUT2D eigenvalue weighted by atomic mass is 16.1. The number of hydrogen-bond acceptors (Lipinski definition) is 3. The highest BCUT2D eigenvalue weighted by Crippen LogP contribution is 2.26. The predicted molar refractivity (Wildman–Crippen MR) is 100 cm³/mol. The van der Waals surface area contributed by atoms with Gasteiger partial charge in [0.15, 0.2) is 0 Å². The number of H-pyrrole nitrogens is 1. The summed E-state index contributed by atoms with van der Waals surface area (Å²) in [6.07, 6.45) is 6.57. The molecule has 1 saturated carbocycles. The van der Waals surface area contributed by atoms with Crippen LogP contribution in [0.2, 0.25) is 0 Å². The molecule has 1 aromatic carbocycles. The fraction of sp³-hybridized carbons (Fsp3) is 0.429. The molecule has 0 radical (unpaired) electrons. The van der Waals surface area contributed by atoms with Gasteiger partial charge in [-0.1, -0.05) is 37.5 Å². The van der Waals surface area contributed by atoms with Gasteiger partial charge in [0.1, 0.15) is 11.6 Å². The summed E-state index contributed by atoms with van der Waals surface area (Å²) < 4.78 is 0. The number of benzene rings is 1. The average Bonchev–Trinajstić information content (AvgIpc) is 2.62. The Morgan fingerprint density at radius 1 is 1.24 bits per heavy atom. The van der Waals surface area contributed by atoms with Crippen LogP contribution in [-0.4, -0.2) is 23.0 Å².